The van der Waals surface area contributed by atoms with Crippen LogP contribution in [0, 0.1) is 5.92 Å². The SMILES string of the molecule is CO/N=C1\CNCCC1CN. The van der Waals surface area contributed by atoms with Gasteiger partial charge in [-0.25, -0.2) is 0 Å². The van der Waals surface area contributed by atoms with Gasteiger partial charge in [0.25, 0.3) is 0 Å². The zero-order valence-corrected chi connectivity index (χ0v) is 6.84. The molecular weight excluding hydrogens is 142 g/mol. The maximum atomic E-state index is 5.56. The predicted molar refractivity (Wildman–Crippen MR) is 44.5 cm³/mol. The molecule has 0 amide bonds. The Balaban J connectivity index is 2.51. The van der Waals surface area contributed by atoms with Gasteiger partial charge in [-0.2, -0.15) is 0 Å². The quantitative estimate of drug-likeness (QED) is 0.534. The average Bonchev–Trinajstić information content (AvgIpc) is 2.06. The zero-order valence-electron chi connectivity index (χ0n) is 6.84. The molecule has 1 heterocycles. The highest BCUT2D eigenvalue weighted by atomic mass is 16.6. The van der Waals surface area contributed by atoms with Gasteiger partial charge in [-0.3, -0.25) is 0 Å². The van der Waals surface area contributed by atoms with Crippen molar-refractivity contribution in [1.82, 2.24) is 5.32 Å². The summed E-state index contributed by atoms with van der Waals surface area (Å²) in [4.78, 5) is 4.71. The Morgan fingerprint density at radius 2 is 2.64 bits per heavy atom. The van der Waals surface area contributed by atoms with Crippen molar-refractivity contribution in [3.63, 3.8) is 0 Å². The van der Waals surface area contributed by atoms with E-state index in [9.17, 15) is 0 Å². The van der Waals surface area contributed by atoms with E-state index in [1.165, 1.54) is 0 Å². The van der Waals surface area contributed by atoms with E-state index in [1.807, 2.05) is 0 Å². The standard InChI is InChI=1S/C7H15N3O/c1-11-10-7-5-9-3-2-6(7)4-8/h6,9H,2-5,8H2,1H3/b10-7+. The Kier molecular flexibility index (Phi) is 3.32. The highest BCUT2D eigenvalue weighted by Gasteiger charge is 2.18. The molecule has 0 saturated carbocycles. The van der Waals surface area contributed by atoms with Crippen LogP contribution in [0.1, 0.15) is 6.42 Å². The topological polar surface area (TPSA) is 59.6 Å². The third kappa shape index (κ3) is 2.17. The Morgan fingerprint density at radius 1 is 1.82 bits per heavy atom. The summed E-state index contributed by atoms with van der Waals surface area (Å²) in [6, 6.07) is 0. The van der Waals surface area contributed by atoms with Crippen LogP contribution in [-0.4, -0.2) is 32.5 Å². The maximum absolute atomic E-state index is 5.56. The highest BCUT2D eigenvalue weighted by Crippen LogP contribution is 2.07. The number of oxime groups is 1. The fraction of sp³-hybridized carbons (Fsp3) is 0.857. The molecule has 0 aliphatic carbocycles. The van der Waals surface area contributed by atoms with Crippen molar-refractivity contribution in [3.8, 4) is 0 Å². The molecule has 0 aromatic carbocycles. The minimum Gasteiger partial charge on any atom is -0.399 e. The van der Waals surface area contributed by atoms with Gasteiger partial charge in [0.05, 0.1) is 5.71 Å². The van der Waals surface area contributed by atoms with Gasteiger partial charge in [0.1, 0.15) is 7.11 Å². The molecule has 0 bridgehead atoms. The second kappa shape index (κ2) is 4.31. The summed E-state index contributed by atoms with van der Waals surface area (Å²) in [7, 11) is 1.56. The maximum Gasteiger partial charge on any atom is 0.106 e. The van der Waals surface area contributed by atoms with E-state index in [-0.39, 0.29) is 0 Å². The average molecular weight is 157 g/mol. The van der Waals surface area contributed by atoms with Crippen LogP contribution < -0.4 is 11.1 Å². The minimum atomic E-state index is 0.413. The molecule has 0 radical (unpaired) electrons. The molecule has 1 rings (SSSR count). The molecule has 1 aliphatic rings. The van der Waals surface area contributed by atoms with Crippen LogP contribution in [0.3, 0.4) is 0 Å². The Labute approximate surface area is 66.8 Å². The molecule has 1 aliphatic heterocycles. The number of piperidine rings is 1. The lowest BCUT2D eigenvalue weighted by Gasteiger charge is -2.22. The Hall–Kier alpha value is -0.610. The summed E-state index contributed by atoms with van der Waals surface area (Å²) in [5.74, 6) is 0.413. The third-order valence-electron chi connectivity index (χ3n) is 1.94. The Morgan fingerprint density at radius 3 is 3.27 bits per heavy atom. The van der Waals surface area contributed by atoms with E-state index in [1.54, 1.807) is 7.11 Å². The fourth-order valence-corrected chi connectivity index (χ4v) is 1.28. The first-order valence-electron chi connectivity index (χ1n) is 3.89. The summed E-state index contributed by atoms with van der Waals surface area (Å²) >= 11 is 0. The smallest absolute Gasteiger partial charge is 0.106 e. The molecular formula is C7H15N3O. The largest absolute Gasteiger partial charge is 0.399 e. The number of nitrogens with two attached hydrogens (primary N) is 1. The van der Waals surface area contributed by atoms with E-state index in [2.05, 4.69) is 10.5 Å². The number of rotatable bonds is 2. The van der Waals surface area contributed by atoms with E-state index >= 15 is 0 Å². The lowest BCUT2D eigenvalue weighted by molar-refractivity contribution is 0.209. The van der Waals surface area contributed by atoms with Crippen molar-refractivity contribution in [3.05, 3.63) is 0 Å². The fourth-order valence-electron chi connectivity index (χ4n) is 1.28. The molecule has 64 valence electrons. The van der Waals surface area contributed by atoms with Gasteiger partial charge in [0.15, 0.2) is 0 Å². The number of hydrogen-bond acceptors (Lipinski definition) is 4. The Bertz CT molecular complexity index is 147. The molecule has 1 fully saturated rings. The van der Waals surface area contributed by atoms with Crippen LogP contribution in [0.2, 0.25) is 0 Å². The van der Waals surface area contributed by atoms with Crippen LogP contribution in [0.15, 0.2) is 5.16 Å². The normalized spacial score (nSPS) is 28.9. The van der Waals surface area contributed by atoms with Gasteiger partial charge in [-0.1, -0.05) is 5.16 Å². The molecule has 0 aromatic rings. The predicted octanol–water partition coefficient (Wildman–Crippen LogP) is -0.443. The third-order valence-corrected chi connectivity index (χ3v) is 1.94. The van der Waals surface area contributed by atoms with Crippen molar-refractivity contribution in [2.45, 2.75) is 6.42 Å². The number of nitrogens with one attached hydrogen (secondary N) is 1. The van der Waals surface area contributed by atoms with Crippen LogP contribution in [0.4, 0.5) is 0 Å². The van der Waals surface area contributed by atoms with Gasteiger partial charge >= 0.3 is 0 Å². The first-order chi connectivity index (χ1) is 5.38. The van der Waals surface area contributed by atoms with Gasteiger partial charge in [0.2, 0.25) is 0 Å². The minimum absolute atomic E-state index is 0.413. The molecule has 4 nitrogen and oxygen atoms in total. The van der Waals surface area contributed by atoms with E-state index in [0.29, 0.717) is 12.5 Å². The highest BCUT2D eigenvalue weighted by molar-refractivity contribution is 5.89. The molecule has 1 saturated heterocycles. The molecule has 3 N–H and O–H groups in total. The lowest BCUT2D eigenvalue weighted by Crippen LogP contribution is -2.40. The van der Waals surface area contributed by atoms with Crippen molar-refractivity contribution in [1.29, 1.82) is 0 Å². The molecule has 0 aromatic heterocycles. The summed E-state index contributed by atoms with van der Waals surface area (Å²) in [6.45, 7) is 2.52. The lowest BCUT2D eigenvalue weighted by atomic mass is 9.96. The second-order valence-corrected chi connectivity index (χ2v) is 2.66. The summed E-state index contributed by atoms with van der Waals surface area (Å²) in [5.41, 5.74) is 6.60. The molecule has 1 unspecified atom stereocenters. The van der Waals surface area contributed by atoms with E-state index in [4.69, 9.17) is 10.6 Å². The van der Waals surface area contributed by atoms with Gasteiger partial charge < -0.3 is 15.9 Å². The molecule has 0 spiro atoms. The van der Waals surface area contributed by atoms with Crippen molar-refractivity contribution in [2.24, 2.45) is 16.8 Å². The number of nitrogens with zero attached hydrogens (tertiary/aromatic N) is 1. The van der Waals surface area contributed by atoms with Crippen LogP contribution >= 0.6 is 0 Å². The van der Waals surface area contributed by atoms with Crippen LogP contribution in [-0.2, 0) is 4.84 Å². The summed E-state index contributed by atoms with van der Waals surface area (Å²) < 4.78 is 0. The van der Waals surface area contributed by atoms with Gasteiger partial charge in [0, 0.05) is 19.0 Å². The first-order valence-corrected chi connectivity index (χ1v) is 3.89. The summed E-state index contributed by atoms with van der Waals surface area (Å²) in [5, 5.41) is 7.13. The van der Waals surface area contributed by atoms with Crippen LogP contribution in [0.5, 0.6) is 0 Å². The van der Waals surface area contributed by atoms with Crippen molar-refractivity contribution >= 4 is 5.71 Å². The van der Waals surface area contributed by atoms with Crippen LogP contribution in [0.25, 0.3) is 0 Å². The number of hydrogen-bond donors (Lipinski definition) is 2. The van der Waals surface area contributed by atoms with Crippen molar-refractivity contribution in [2.75, 3.05) is 26.7 Å². The van der Waals surface area contributed by atoms with Crippen molar-refractivity contribution < 1.29 is 4.84 Å². The van der Waals surface area contributed by atoms with Gasteiger partial charge in [-0.15, -0.1) is 0 Å². The first kappa shape index (κ1) is 8.49. The molecule has 4 heteroatoms. The van der Waals surface area contributed by atoms with Gasteiger partial charge in [-0.05, 0) is 13.0 Å². The molecule has 11 heavy (non-hydrogen) atoms. The van der Waals surface area contributed by atoms with E-state index < -0.39 is 0 Å². The zero-order chi connectivity index (χ0) is 8.10. The van der Waals surface area contributed by atoms with E-state index in [0.717, 1.165) is 25.2 Å². The summed E-state index contributed by atoms with van der Waals surface area (Å²) in [6.07, 6.45) is 1.07. The molecule has 1 atom stereocenters. The second-order valence-electron chi connectivity index (χ2n) is 2.66. The monoisotopic (exact) mass is 157 g/mol.